The molecule has 1 aromatic carbocycles. The highest BCUT2D eigenvalue weighted by molar-refractivity contribution is 6.01. The summed E-state index contributed by atoms with van der Waals surface area (Å²) in [6.45, 7) is 4.32. The minimum absolute atomic E-state index is 0.262. The maximum absolute atomic E-state index is 12.0. The second kappa shape index (κ2) is 7.91. The van der Waals surface area contributed by atoms with Gasteiger partial charge in [0.1, 0.15) is 5.69 Å². The zero-order valence-corrected chi connectivity index (χ0v) is 16.7. The molecule has 2 aliphatic rings. The van der Waals surface area contributed by atoms with Gasteiger partial charge in [-0.05, 0) is 55.6 Å². The lowest BCUT2D eigenvalue weighted by atomic mass is 9.98. The number of carbonyl (C=O) groups excluding carboxylic acids is 1. The third-order valence-corrected chi connectivity index (χ3v) is 6.15. The fourth-order valence-corrected chi connectivity index (χ4v) is 4.52. The molecule has 0 N–H and O–H groups in total. The predicted molar refractivity (Wildman–Crippen MR) is 114 cm³/mol. The number of rotatable bonds is 5. The number of pyridine rings is 1. The van der Waals surface area contributed by atoms with E-state index in [4.69, 9.17) is 5.10 Å². The summed E-state index contributed by atoms with van der Waals surface area (Å²) in [5, 5.41) is 4.95. The van der Waals surface area contributed by atoms with Crippen molar-refractivity contribution < 1.29 is 4.79 Å². The molecule has 0 unspecified atom stereocenters. The summed E-state index contributed by atoms with van der Waals surface area (Å²) < 4.78 is 2.08. The van der Waals surface area contributed by atoms with Crippen molar-refractivity contribution in [3.63, 3.8) is 0 Å². The number of hydrogen-bond acceptors (Lipinski definition) is 4. The quantitative estimate of drug-likeness (QED) is 0.659. The molecular weight excluding hydrogens is 360 g/mol. The molecule has 5 rings (SSSR count). The van der Waals surface area contributed by atoms with Gasteiger partial charge in [0, 0.05) is 48.2 Å². The van der Waals surface area contributed by atoms with Gasteiger partial charge in [-0.2, -0.15) is 5.10 Å². The fourth-order valence-electron chi connectivity index (χ4n) is 4.52. The van der Waals surface area contributed by atoms with Crippen molar-refractivity contribution in [2.24, 2.45) is 0 Å². The Kier molecular flexibility index (Phi) is 4.98. The summed E-state index contributed by atoms with van der Waals surface area (Å²) >= 11 is 0. The van der Waals surface area contributed by atoms with Gasteiger partial charge < -0.3 is 4.90 Å². The number of aryl methyl sites for hydroxylation is 1. The van der Waals surface area contributed by atoms with Crippen LogP contribution in [0.5, 0.6) is 0 Å². The summed E-state index contributed by atoms with van der Waals surface area (Å²) in [4.78, 5) is 18.7. The molecule has 148 valence electrons. The van der Waals surface area contributed by atoms with Crippen molar-refractivity contribution in [3.05, 3.63) is 60.0 Å². The van der Waals surface area contributed by atoms with Gasteiger partial charge in [-0.1, -0.05) is 24.6 Å². The number of nitrogens with zero attached hydrogens (tertiary/aromatic N) is 4. The SMILES string of the molecule is O=C1CCc2cc(-c3cn(CCN4CCCCC4)nc3-c3ccncc3)ccc21. The van der Waals surface area contributed by atoms with Gasteiger partial charge >= 0.3 is 0 Å². The first kappa shape index (κ1) is 18.3. The fraction of sp³-hybridized carbons (Fsp3) is 0.375. The lowest BCUT2D eigenvalue weighted by Crippen LogP contribution is -2.32. The molecule has 0 bridgehead atoms. The van der Waals surface area contributed by atoms with Crippen LogP contribution in [0.2, 0.25) is 0 Å². The highest BCUT2D eigenvalue weighted by Crippen LogP contribution is 2.34. The molecule has 1 aliphatic heterocycles. The van der Waals surface area contributed by atoms with Crippen LogP contribution in [-0.2, 0) is 13.0 Å². The Balaban J connectivity index is 1.48. The van der Waals surface area contributed by atoms with E-state index in [9.17, 15) is 4.79 Å². The largest absolute Gasteiger partial charge is 0.301 e. The van der Waals surface area contributed by atoms with Crippen LogP contribution in [0, 0.1) is 0 Å². The van der Waals surface area contributed by atoms with E-state index in [-0.39, 0.29) is 5.78 Å². The lowest BCUT2D eigenvalue weighted by Gasteiger charge is -2.26. The molecule has 3 aromatic rings. The number of benzene rings is 1. The van der Waals surface area contributed by atoms with Gasteiger partial charge in [-0.3, -0.25) is 14.5 Å². The molecule has 0 amide bonds. The Morgan fingerprint density at radius 3 is 2.52 bits per heavy atom. The summed E-state index contributed by atoms with van der Waals surface area (Å²) in [5.41, 5.74) is 6.36. The summed E-state index contributed by atoms with van der Waals surface area (Å²) in [5.74, 6) is 0.262. The molecule has 1 fully saturated rings. The zero-order chi connectivity index (χ0) is 19.6. The van der Waals surface area contributed by atoms with E-state index in [1.54, 1.807) is 0 Å². The molecule has 0 spiro atoms. The van der Waals surface area contributed by atoms with E-state index < -0.39 is 0 Å². The summed E-state index contributed by atoms with van der Waals surface area (Å²) in [6, 6.07) is 10.3. The van der Waals surface area contributed by atoms with Crippen LogP contribution in [-0.4, -0.2) is 45.1 Å². The highest BCUT2D eigenvalue weighted by atomic mass is 16.1. The Morgan fingerprint density at radius 2 is 1.69 bits per heavy atom. The van der Waals surface area contributed by atoms with Crippen molar-refractivity contribution in [3.8, 4) is 22.4 Å². The van der Waals surface area contributed by atoms with Gasteiger partial charge in [0.25, 0.3) is 0 Å². The van der Waals surface area contributed by atoms with E-state index in [0.717, 1.165) is 53.0 Å². The van der Waals surface area contributed by atoms with Crippen LogP contribution in [0.15, 0.2) is 48.9 Å². The number of carbonyl (C=O) groups is 1. The van der Waals surface area contributed by atoms with Crippen molar-refractivity contribution in [2.75, 3.05) is 19.6 Å². The van der Waals surface area contributed by atoms with Crippen LogP contribution in [0.4, 0.5) is 0 Å². The van der Waals surface area contributed by atoms with Gasteiger partial charge in [0.2, 0.25) is 0 Å². The van der Waals surface area contributed by atoms with E-state index in [1.165, 1.54) is 32.4 Å². The van der Waals surface area contributed by atoms with Gasteiger partial charge in [-0.25, -0.2) is 0 Å². The number of ketones is 1. The molecule has 5 nitrogen and oxygen atoms in total. The second-order valence-electron chi connectivity index (χ2n) is 8.09. The number of piperidine rings is 1. The molecule has 0 atom stereocenters. The first-order valence-corrected chi connectivity index (χ1v) is 10.6. The summed E-state index contributed by atoms with van der Waals surface area (Å²) in [7, 11) is 0. The molecule has 1 aliphatic carbocycles. The molecule has 29 heavy (non-hydrogen) atoms. The predicted octanol–water partition coefficient (Wildman–Crippen LogP) is 4.23. The Labute approximate surface area is 171 Å². The maximum Gasteiger partial charge on any atom is 0.163 e. The molecule has 3 heterocycles. The van der Waals surface area contributed by atoms with Gasteiger partial charge in [-0.15, -0.1) is 0 Å². The van der Waals surface area contributed by atoms with E-state index >= 15 is 0 Å². The number of aromatic nitrogens is 3. The van der Waals surface area contributed by atoms with Gasteiger partial charge in [0.15, 0.2) is 5.78 Å². The number of fused-ring (bicyclic) bond motifs is 1. The van der Waals surface area contributed by atoms with Crippen molar-refractivity contribution in [2.45, 2.75) is 38.6 Å². The molecule has 5 heteroatoms. The van der Waals surface area contributed by atoms with Crippen LogP contribution < -0.4 is 0 Å². The van der Waals surface area contributed by atoms with Crippen LogP contribution in [0.25, 0.3) is 22.4 Å². The third-order valence-electron chi connectivity index (χ3n) is 6.15. The van der Waals surface area contributed by atoms with E-state index in [0.29, 0.717) is 6.42 Å². The van der Waals surface area contributed by atoms with Crippen molar-refractivity contribution in [1.29, 1.82) is 0 Å². The topological polar surface area (TPSA) is 51.0 Å². The highest BCUT2D eigenvalue weighted by Gasteiger charge is 2.21. The minimum atomic E-state index is 0.262. The molecule has 0 radical (unpaired) electrons. The summed E-state index contributed by atoms with van der Waals surface area (Å²) in [6.07, 6.45) is 11.2. The van der Waals surface area contributed by atoms with Crippen molar-refractivity contribution >= 4 is 5.78 Å². The molecule has 2 aromatic heterocycles. The normalized spacial score (nSPS) is 16.9. The number of likely N-dealkylation sites (tertiary alicyclic amines) is 1. The van der Waals surface area contributed by atoms with E-state index in [1.807, 2.05) is 30.6 Å². The number of hydrogen-bond donors (Lipinski definition) is 0. The second-order valence-corrected chi connectivity index (χ2v) is 8.09. The van der Waals surface area contributed by atoms with E-state index in [2.05, 4.69) is 32.9 Å². The average molecular weight is 386 g/mol. The maximum atomic E-state index is 12.0. The molecule has 0 saturated carbocycles. The first-order chi connectivity index (χ1) is 14.3. The van der Waals surface area contributed by atoms with Crippen molar-refractivity contribution in [1.82, 2.24) is 19.7 Å². The van der Waals surface area contributed by atoms with Crippen LogP contribution in [0.3, 0.4) is 0 Å². The smallest absolute Gasteiger partial charge is 0.163 e. The third kappa shape index (κ3) is 3.75. The lowest BCUT2D eigenvalue weighted by molar-refractivity contribution is 0.0994. The Morgan fingerprint density at radius 1 is 0.862 bits per heavy atom. The Hall–Kier alpha value is -2.79. The molecule has 1 saturated heterocycles. The zero-order valence-electron chi connectivity index (χ0n) is 16.7. The first-order valence-electron chi connectivity index (χ1n) is 10.6. The minimum Gasteiger partial charge on any atom is -0.301 e. The van der Waals surface area contributed by atoms with Gasteiger partial charge in [0.05, 0.1) is 6.54 Å². The monoisotopic (exact) mass is 386 g/mol. The molecular formula is C24H26N4O. The Bertz CT molecular complexity index is 1020. The average Bonchev–Trinajstić information content (AvgIpc) is 3.37. The van der Waals surface area contributed by atoms with Crippen LogP contribution >= 0.6 is 0 Å². The standard InChI is InChI=1S/C24H26N4O/c29-23-7-5-19-16-20(4-6-21(19)23)22-17-28(15-14-27-12-2-1-3-13-27)26-24(22)18-8-10-25-11-9-18/h4,6,8-11,16-17H,1-3,5,7,12-15H2. The number of Topliss-reactive ketones (excluding diaryl/α,β-unsaturated/α-hetero) is 1. The van der Waals surface area contributed by atoms with Crippen LogP contribution in [0.1, 0.15) is 41.6 Å².